The lowest BCUT2D eigenvalue weighted by Crippen LogP contribution is -2.66. The summed E-state index contributed by atoms with van der Waals surface area (Å²) in [6.07, 6.45) is 10.6. The van der Waals surface area contributed by atoms with Gasteiger partial charge in [0.25, 0.3) is 0 Å². The van der Waals surface area contributed by atoms with Gasteiger partial charge in [-0.3, -0.25) is 9.59 Å². The largest absolute Gasteiger partial charge is 0.460 e. The monoisotopic (exact) mass is 544 g/mol. The fourth-order valence-electron chi connectivity index (χ4n) is 12.2. The fourth-order valence-corrected chi connectivity index (χ4v) is 12.2. The minimum absolute atomic E-state index is 0.0441. The van der Waals surface area contributed by atoms with E-state index in [2.05, 4.69) is 48.1 Å². The summed E-state index contributed by atoms with van der Waals surface area (Å²) in [7, 11) is 0. The van der Waals surface area contributed by atoms with E-state index >= 15 is 0 Å². The highest BCUT2D eigenvalue weighted by molar-refractivity contribution is 5.85. The Kier molecular flexibility index (Phi) is 6.56. The molecule has 0 N–H and O–H groups in total. The molecule has 1 aromatic rings. The molecule has 40 heavy (non-hydrogen) atoms. The van der Waals surface area contributed by atoms with E-state index in [1.165, 1.54) is 24.8 Å². The molecule has 3 heteroatoms. The van der Waals surface area contributed by atoms with Crippen molar-refractivity contribution < 1.29 is 14.3 Å². The van der Waals surface area contributed by atoms with E-state index in [0.29, 0.717) is 42.0 Å². The standard InChI is InChI=1S/C37H52O3/c1-24(2)26-15-20-37(32(39)40-23-25-11-9-8-10-12-25)22-21-35(6)27(31(26)37)13-14-29-34(5)18-17-30(38)33(3,4)28(34)16-19-36(29,35)7/h8-12,26-29,31H,1,13-23H2,2-7H3/t26-,27+,28-,29+,31+,34-,35+,36+,37?/m0/s1. The summed E-state index contributed by atoms with van der Waals surface area (Å²) in [5, 5.41) is 0. The molecule has 0 amide bonds. The highest BCUT2D eigenvalue weighted by Gasteiger charge is 2.72. The predicted molar refractivity (Wildman–Crippen MR) is 160 cm³/mol. The van der Waals surface area contributed by atoms with Crippen molar-refractivity contribution in [2.45, 2.75) is 112 Å². The quantitative estimate of drug-likeness (QED) is 0.281. The lowest BCUT2D eigenvalue weighted by atomic mass is 9.32. The van der Waals surface area contributed by atoms with Gasteiger partial charge in [-0.05, 0) is 116 Å². The Morgan fingerprint density at radius 2 is 1.60 bits per heavy atom. The molecule has 0 aromatic heterocycles. The lowest BCUT2D eigenvalue weighted by Gasteiger charge is -2.72. The van der Waals surface area contributed by atoms with Crippen LogP contribution in [-0.2, 0) is 20.9 Å². The Labute approximate surface area is 242 Å². The summed E-state index contributed by atoms with van der Waals surface area (Å²) in [5.74, 6) is 2.86. The highest BCUT2D eigenvalue weighted by Crippen LogP contribution is 2.77. The van der Waals surface area contributed by atoms with Gasteiger partial charge in [0.15, 0.2) is 0 Å². The molecule has 1 unspecified atom stereocenters. The zero-order valence-electron chi connectivity index (χ0n) is 26.0. The summed E-state index contributed by atoms with van der Waals surface area (Å²) in [6, 6.07) is 10.1. The summed E-state index contributed by atoms with van der Waals surface area (Å²) in [4.78, 5) is 27.2. The molecule has 6 rings (SSSR count). The van der Waals surface area contributed by atoms with Crippen LogP contribution in [0.15, 0.2) is 42.5 Å². The first-order valence-corrected chi connectivity index (χ1v) is 16.2. The molecule has 5 saturated carbocycles. The SMILES string of the molecule is C=C(C)[C@@H]1CCC2(C(=O)OCc3ccccc3)CC[C@]3(C)[C@H](CC[C@@H]4[C@@]5(C)CCC(=O)C(C)(C)[C@@H]5CC[C@]43C)[C@@H]12. The average molecular weight is 545 g/mol. The molecule has 5 aliphatic carbocycles. The number of allylic oxidation sites excluding steroid dienone is 1. The van der Waals surface area contributed by atoms with Crippen LogP contribution in [0.4, 0.5) is 0 Å². The second-order valence-corrected chi connectivity index (χ2v) is 16.0. The van der Waals surface area contributed by atoms with Gasteiger partial charge in [0.2, 0.25) is 0 Å². The number of fused-ring (bicyclic) bond motifs is 7. The topological polar surface area (TPSA) is 43.4 Å². The number of rotatable bonds is 4. The highest BCUT2D eigenvalue weighted by atomic mass is 16.5. The fraction of sp³-hybridized carbons (Fsp3) is 0.730. The van der Waals surface area contributed by atoms with Gasteiger partial charge in [-0.25, -0.2) is 0 Å². The van der Waals surface area contributed by atoms with Crippen LogP contribution in [0.2, 0.25) is 0 Å². The second-order valence-electron chi connectivity index (χ2n) is 16.0. The molecule has 9 atom stereocenters. The van der Waals surface area contributed by atoms with E-state index in [-0.39, 0.29) is 33.0 Å². The van der Waals surface area contributed by atoms with Gasteiger partial charge in [0, 0.05) is 11.8 Å². The van der Waals surface area contributed by atoms with Gasteiger partial charge in [0.05, 0.1) is 5.41 Å². The summed E-state index contributed by atoms with van der Waals surface area (Å²) < 4.78 is 6.16. The van der Waals surface area contributed by atoms with E-state index in [4.69, 9.17) is 4.74 Å². The Balaban J connectivity index is 1.34. The summed E-state index contributed by atoms with van der Waals surface area (Å²) in [5.41, 5.74) is 2.33. The zero-order chi connectivity index (χ0) is 28.7. The number of benzene rings is 1. The maximum absolute atomic E-state index is 14.1. The number of hydrogen-bond acceptors (Lipinski definition) is 3. The van der Waals surface area contributed by atoms with Crippen LogP contribution < -0.4 is 0 Å². The first kappa shape index (κ1) is 28.2. The molecular formula is C37H52O3. The third-order valence-electron chi connectivity index (χ3n) is 14.4. The Morgan fingerprint density at radius 1 is 0.875 bits per heavy atom. The predicted octanol–water partition coefficient (Wildman–Crippen LogP) is 8.96. The molecule has 0 bridgehead atoms. The van der Waals surface area contributed by atoms with Gasteiger partial charge < -0.3 is 4.74 Å². The van der Waals surface area contributed by atoms with E-state index in [0.717, 1.165) is 50.5 Å². The van der Waals surface area contributed by atoms with Crippen LogP contribution in [-0.4, -0.2) is 11.8 Å². The van der Waals surface area contributed by atoms with Crippen LogP contribution in [0.5, 0.6) is 0 Å². The van der Waals surface area contributed by atoms with Crippen LogP contribution in [0.25, 0.3) is 0 Å². The van der Waals surface area contributed by atoms with Crippen molar-refractivity contribution in [2.24, 2.45) is 56.7 Å². The van der Waals surface area contributed by atoms with Crippen molar-refractivity contribution in [2.75, 3.05) is 0 Å². The first-order chi connectivity index (χ1) is 18.8. The lowest BCUT2D eigenvalue weighted by molar-refractivity contribution is -0.236. The van der Waals surface area contributed by atoms with E-state index in [1.54, 1.807) is 0 Å². The number of hydrogen-bond donors (Lipinski definition) is 0. The third kappa shape index (κ3) is 3.67. The van der Waals surface area contributed by atoms with Gasteiger partial charge in [-0.15, -0.1) is 0 Å². The van der Waals surface area contributed by atoms with Crippen molar-refractivity contribution in [3.8, 4) is 0 Å². The number of esters is 1. The molecule has 0 radical (unpaired) electrons. The number of carbonyl (C=O) groups is 2. The van der Waals surface area contributed by atoms with Crippen molar-refractivity contribution >= 4 is 11.8 Å². The smallest absolute Gasteiger partial charge is 0.312 e. The number of ketones is 1. The Bertz CT molecular complexity index is 1200. The molecule has 218 valence electrons. The van der Waals surface area contributed by atoms with Gasteiger partial charge in [-0.2, -0.15) is 0 Å². The summed E-state index contributed by atoms with van der Waals surface area (Å²) >= 11 is 0. The van der Waals surface area contributed by atoms with Crippen molar-refractivity contribution in [1.29, 1.82) is 0 Å². The van der Waals surface area contributed by atoms with Crippen molar-refractivity contribution in [1.82, 2.24) is 0 Å². The van der Waals surface area contributed by atoms with Crippen LogP contribution >= 0.6 is 0 Å². The minimum Gasteiger partial charge on any atom is -0.460 e. The molecular weight excluding hydrogens is 492 g/mol. The van der Waals surface area contributed by atoms with Gasteiger partial charge in [0.1, 0.15) is 12.4 Å². The van der Waals surface area contributed by atoms with Crippen LogP contribution in [0.1, 0.15) is 111 Å². The van der Waals surface area contributed by atoms with Crippen LogP contribution in [0.3, 0.4) is 0 Å². The Morgan fingerprint density at radius 3 is 2.30 bits per heavy atom. The molecule has 5 fully saturated rings. The molecule has 5 aliphatic rings. The number of Topliss-reactive ketones (excluding diaryl/α,β-unsaturated/α-hetero) is 1. The van der Waals surface area contributed by atoms with E-state index < -0.39 is 0 Å². The normalized spacial score (nSPS) is 45.5. The molecule has 0 aliphatic heterocycles. The molecule has 0 saturated heterocycles. The number of ether oxygens (including phenoxy) is 1. The first-order valence-electron chi connectivity index (χ1n) is 16.2. The van der Waals surface area contributed by atoms with Crippen molar-refractivity contribution in [3.05, 3.63) is 48.0 Å². The van der Waals surface area contributed by atoms with Crippen molar-refractivity contribution in [3.63, 3.8) is 0 Å². The van der Waals surface area contributed by atoms with E-state index in [9.17, 15) is 9.59 Å². The maximum atomic E-state index is 14.1. The molecule has 0 spiro atoms. The minimum atomic E-state index is -0.383. The van der Waals surface area contributed by atoms with Gasteiger partial charge >= 0.3 is 5.97 Å². The van der Waals surface area contributed by atoms with E-state index in [1.807, 2.05) is 30.3 Å². The zero-order valence-corrected chi connectivity index (χ0v) is 26.0. The third-order valence-corrected chi connectivity index (χ3v) is 14.4. The average Bonchev–Trinajstić information content (AvgIpc) is 3.32. The molecule has 1 aromatic carbocycles. The van der Waals surface area contributed by atoms with Gasteiger partial charge in [-0.1, -0.05) is 77.1 Å². The summed E-state index contributed by atoms with van der Waals surface area (Å²) in [6.45, 7) is 19.3. The molecule has 0 heterocycles. The second kappa shape index (κ2) is 9.30. The Hall–Kier alpha value is -1.90. The van der Waals surface area contributed by atoms with Crippen LogP contribution in [0, 0.1) is 56.7 Å². The maximum Gasteiger partial charge on any atom is 0.312 e. The molecule has 3 nitrogen and oxygen atoms in total. The number of carbonyl (C=O) groups excluding carboxylic acids is 2.